The van der Waals surface area contributed by atoms with Gasteiger partial charge in [0.2, 0.25) is 0 Å². The second kappa shape index (κ2) is 7.09. The van der Waals surface area contributed by atoms with Crippen LogP contribution in [-0.4, -0.2) is 41.5 Å². The number of benzene rings is 1. The number of hydrogen-bond acceptors (Lipinski definition) is 2. The molecule has 0 radical (unpaired) electrons. The molecule has 0 bridgehead atoms. The fourth-order valence-corrected chi connectivity index (χ4v) is 5.31. The minimum Gasteiger partial charge on any atom is -0.298 e. The lowest BCUT2D eigenvalue weighted by atomic mass is 9.78. The molecule has 2 heterocycles. The van der Waals surface area contributed by atoms with E-state index in [1.165, 1.54) is 57.6 Å². The summed E-state index contributed by atoms with van der Waals surface area (Å²) in [6.07, 6.45) is 9.26. The molecule has 2 aliphatic heterocycles. The van der Waals surface area contributed by atoms with Crippen LogP contribution in [0.5, 0.6) is 0 Å². The number of nitrogens with zero attached hydrogens (tertiary/aromatic N) is 2. The summed E-state index contributed by atoms with van der Waals surface area (Å²) in [5, 5.41) is 0. The van der Waals surface area contributed by atoms with Gasteiger partial charge >= 0.3 is 0 Å². The summed E-state index contributed by atoms with van der Waals surface area (Å²) in [4.78, 5) is 5.18. The molecule has 4 rings (SSSR count). The van der Waals surface area contributed by atoms with Crippen molar-refractivity contribution in [3.8, 4) is 0 Å². The molecule has 3 fully saturated rings. The van der Waals surface area contributed by atoms with E-state index in [9.17, 15) is 8.78 Å². The third-order valence-electron chi connectivity index (χ3n) is 6.43. The molecule has 0 amide bonds. The van der Waals surface area contributed by atoms with Gasteiger partial charge in [-0.05, 0) is 44.2 Å². The van der Waals surface area contributed by atoms with Gasteiger partial charge < -0.3 is 0 Å². The van der Waals surface area contributed by atoms with E-state index in [1.54, 1.807) is 6.07 Å². The molecule has 0 aromatic heterocycles. The normalized spacial score (nSPS) is 29.8. The summed E-state index contributed by atoms with van der Waals surface area (Å²) in [5.74, 6) is -0.139. The first-order chi connectivity index (χ1) is 11.7. The number of halogens is 2. The predicted octanol–water partition coefficient (Wildman–Crippen LogP) is 4.19. The summed E-state index contributed by atoms with van der Waals surface area (Å²) in [5.41, 5.74) is 0.642. The van der Waals surface area contributed by atoms with Crippen molar-refractivity contribution in [2.45, 2.75) is 63.6 Å². The molecule has 0 spiro atoms. The molecule has 0 unspecified atom stereocenters. The lowest BCUT2D eigenvalue weighted by molar-refractivity contribution is -0.00432. The van der Waals surface area contributed by atoms with E-state index in [-0.39, 0.29) is 0 Å². The predicted molar refractivity (Wildman–Crippen MR) is 91.7 cm³/mol. The van der Waals surface area contributed by atoms with E-state index < -0.39 is 11.6 Å². The number of piperazine rings is 1. The Kier molecular flexibility index (Phi) is 4.86. The van der Waals surface area contributed by atoms with Gasteiger partial charge in [0, 0.05) is 43.3 Å². The molecule has 1 aromatic carbocycles. The minimum atomic E-state index is -0.485. The summed E-state index contributed by atoms with van der Waals surface area (Å²) in [6, 6.07) is 5.23. The quantitative estimate of drug-likeness (QED) is 0.818. The topological polar surface area (TPSA) is 6.48 Å². The molecular weight excluding hydrogens is 306 g/mol. The highest BCUT2D eigenvalue weighted by atomic mass is 19.1. The van der Waals surface area contributed by atoms with E-state index in [1.807, 2.05) is 0 Å². The van der Waals surface area contributed by atoms with E-state index in [2.05, 4.69) is 9.80 Å². The van der Waals surface area contributed by atoms with Crippen LogP contribution < -0.4 is 0 Å². The number of fused-ring (bicyclic) bond motifs is 1. The highest BCUT2D eigenvalue weighted by Crippen LogP contribution is 2.38. The average molecular weight is 334 g/mol. The maximum absolute atomic E-state index is 14.2. The Morgan fingerprint density at radius 1 is 0.917 bits per heavy atom. The molecule has 4 heteroatoms. The average Bonchev–Trinajstić information content (AvgIpc) is 3.06. The Balaban J connectivity index is 1.56. The van der Waals surface area contributed by atoms with E-state index in [0.29, 0.717) is 24.2 Å². The van der Waals surface area contributed by atoms with E-state index in [4.69, 9.17) is 0 Å². The van der Waals surface area contributed by atoms with Crippen LogP contribution in [0.4, 0.5) is 8.78 Å². The van der Waals surface area contributed by atoms with Crippen molar-refractivity contribution in [2.75, 3.05) is 19.6 Å². The van der Waals surface area contributed by atoms with Gasteiger partial charge in [0.15, 0.2) is 0 Å². The van der Waals surface area contributed by atoms with Gasteiger partial charge in [-0.25, -0.2) is 8.78 Å². The zero-order valence-electron chi connectivity index (χ0n) is 14.4. The molecule has 1 saturated carbocycles. The van der Waals surface area contributed by atoms with Gasteiger partial charge in [-0.1, -0.05) is 25.3 Å². The number of rotatable bonds is 3. The first kappa shape index (κ1) is 16.5. The molecule has 24 heavy (non-hydrogen) atoms. The second-order valence-electron chi connectivity index (χ2n) is 7.84. The summed E-state index contributed by atoms with van der Waals surface area (Å²) in [7, 11) is 0. The molecular formula is C20H28F2N2. The van der Waals surface area contributed by atoms with Gasteiger partial charge in [-0.3, -0.25) is 9.80 Å². The lowest BCUT2D eigenvalue weighted by Crippen LogP contribution is -2.59. The van der Waals surface area contributed by atoms with E-state index in [0.717, 1.165) is 25.1 Å². The smallest absolute Gasteiger partial charge is 0.130 e. The molecule has 2 nitrogen and oxygen atoms in total. The largest absolute Gasteiger partial charge is 0.298 e. The second-order valence-corrected chi connectivity index (χ2v) is 7.84. The van der Waals surface area contributed by atoms with Gasteiger partial charge in [-0.2, -0.15) is 0 Å². The van der Waals surface area contributed by atoms with Crippen LogP contribution in [0, 0.1) is 17.6 Å². The van der Waals surface area contributed by atoms with Crippen LogP contribution in [-0.2, 0) is 6.54 Å². The monoisotopic (exact) mass is 334 g/mol. The molecule has 3 aliphatic rings. The minimum absolute atomic E-state index is 0.397. The molecule has 0 N–H and O–H groups in total. The Labute approximate surface area is 143 Å². The zero-order chi connectivity index (χ0) is 16.5. The maximum atomic E-state index is 14.2. The standard InChI is InChI=1S/C20H28F2N2/c21-17-9-8-16(18(22)13-17)14-24-12-11-23-10-4-7-19(23)20(24)15-5-2-1-3-6-15/h8-9,13,15,19-20H,1-7,10-12,14H2/t19-,20-/m1/s1. The molecule has 1 aliphatic carbocycles. The van der Waals surface area contributed by atoms with Gasteiger partial charge in [-0.15, -0.1) is 0 Å². The summed E-state index contributed by atoms with van der Waals surface area (Å²) in [6.45, 7) is 3.95. The van der Waals surface area contributed by atoms with Crippen LogP contribution in [0.2, 0.25) is 0 Å². The summed E-state index contributed by atoms with van der Waals surface area (Å²) < 4.78 is 27.4. The first-order valence-electron chi connectivity index (χ1n) is 9.64. The highest BCUT2D eigenvalue weighted by molar-refractivity contribution is 5.19. The van der Waals surface area contributed by atoms with Crippen LogP contribution in [0.15, 0.2) is 18.2 Å². The van der Waals surface area contributed by atoms with Crippen molar-refractivity contribution in [1.29, 1.82) is 0 Å². The molecule has 132 valence electrons. The fourth-order valence-electron chi connectivity index (χ4n) is 5.31. The molecule has 1 aromatic rings. The highest BCUT2D eigenvalue weighted by Gasteiger charge is 2.43. The van der Waals surface area contributed by atoms with Crippen molar-refractivity contribution < 1.29 is 8.78 Å². The van der Waals surface area contributed by atoms with Gasteiger partial charge in [0.25, 0.3) is 0 Å². The van der Waals surface area contributed by atoms with Crippen molar-refractivity contribution in [1.82, 2.24) is 9.80 Å². The van der Waals surface area contributed by atoms with Crippen molar-refractivity contribution >= 4 is 0 Å². The zero-order valence-corrected chi connectivity index (χ0v) is 14.4. The lowest BCUT2D eigenvalue weighted by Gasteiger charge is -2.49. The van der Waals surface area contributed by atoms with Crippen LogP contribution in [0.25, 0.3) is 0 Å². The first-order valence-corrected chi connectivity index (χ1v) is 9.64. The Morgan fingerprint density at radius 3 is 2.54 bits per heavy atom. The Bertz CT molecular complexity index is 571. The molecule has 2 saturated heterocycles. The van der Waals surface area contributed by atoms with Gasteiger partial charge in [0.1, 0.15) is 11.6 Å². The number of hydrogen-bond donors (Lipinski definition) is 0. The maximum Gasteiger partial charge on any atom is 0.130 e. The van der Waals surface area contributed by atoms with Crippen molar-refractivity contribution in [2.24, 2.45) is 5.92 Å². The van der Waals surface area contributed by atoms with Crippen molar-refractivity contribution in [3.63, 3.8) is 0 Å². The fraction of sp³-hybridized carbons (Fsp3) is 0.700. The third kappa shape index (κ3) is 3.23. The Hall–Kier alpha value is -1.00. The van der Waals surface area contributed by atoms with Crippen LogP contribution in [0.1, 0.15) is 50.5 Å². The van der Waals surface area contributed by atoms with E-state index >= 15 is 0 Å². The van der Waals surface area contributed by atoms with Crippen LogP contribution in [0.3, 0.4) is 0 Å². The summed E-state index contributed by atoms with van der Waals surface area (Å²) >= 11 is 0. The van der Waals surface area contributed by atoms with Crippen molar-refractivity contribution in [3.05, 3.63) is 35.4 Å². The SMILES string of the molecule is Fc1ccc(CN2CCN3CCC[C@@H]3[C@H]2C2CCCCC2)c(F)c1. The van der Waals surface area contributed by atoms with Crippen LogP contribution >= 0.6 is 0 Å². The third-order valence-corrected chi connectivity index (χ3v) is 6.43. The van der Waals surface area contributed by atoms with Gasteiger partial charge in [0.05, 0.1) is 0 Å². The molecule has 2 atom stereocenters. The Morgan fingerprint density at radius 2 is 1.75 bits per heavy atom.